The van der Waals surface area contributed by atoms with Gasteiger partial charge in [-0.1, -0.05) is 17.8 Å². The first-order chi connectivity index (χ1) is 10.7. The van der Waals surface area contributed by atoms with Gasteiger partial charge in [-0.3, -0.25) is 4.79 Å². The standard InChI is InChI=1S/C15H23N3O3S/c1-2-4-11-13(22-17-16-11)14(20)18-8-6-15(7-9-18)12(19)5-3-10-21-15/h12,19H,2-10H2,1H3. The molecule has 0 radical (unpaired) electrons. The smallest absolute Gasteiger partial charge is 0.267 e. The average molecular weight is 325 g/mol. The number of carbonyl (C=O) groups excluding carboxylic acids is 1. The first-order valence-electron chi connectivity index (χ1n) is 8.09. The molecule has 1 atom stereocenters. The first-order valence-corrected chi connectivity index (χ1v) is 8.86. The number of hydrogen-bond donors (Lipinski definition) is 1. The summed E-state index contributed by atoms with van der Waals surface area (Å²) in [6.45, 7) is 4.03. The molecule has 2 aliphatic heterocycles. The fourth-order valence-electron chi connectivity index (χ4n) is 3.39. The van der Waals surface area contributed by atoms with E-state index in [2.05, 4.69) is 16.5 Å². The molecule has 2 fully saturated rings. The lowest BCUT2D eigenvalue weighted by Gasteiger charge is -2.46. The van der Waals surface area contributed by atoms with Crippen LogP contribution in [-0.4, -0.2) is 56.9 Å². The molecular formula is C15H23N3O3S. The Hall–Kier alpha value is -1.05. The van der Waals surface area contributed by atoms with Crippen LogP contribution in [0.25, 0.3) is 0 Å². The summed E-state index contributed by atoms with van der Waals surface area (Å²) in [6, 6.07) is 0. The van der Waals surface area contributed by atoms with E-state index >= 15 is 0 Å². The second-order valence-corrected chi connectivity index (χ2v) is 6.92. The highest BCUT2D eigenvalue weighted by Gasteiger charge is 2.44. The lowest BCUT2D eigenvalue weighted by molar-refractivity contribution is -0.174. The van der Waals surface area contributed by atoms with E-state index in [9.17, 15) is 9.90 Å². The number of likely N-dealkylation sites (tertiary alicyclic amines) is 1. The molecule has 0 aromatic carbocycles. The second kappa shape index (κ2) is 6.60. The van der Waals surface area contributed by atoms with Crippen molar-refractivity contribution < 1.29 is 14.6 Å². The minimum Gasteiger partial charge on any atom is -0.390 e. The number of carbonyl (C=O) groups is 1. The molecule has 1 unspecified atom stereocenters. The molecule has 0 saturated carbocycles. The zero-order valence-electron chi connectivity index (χ0n) is 13.0. The highest BCUT2D eigenvalue weighted by Crippen LogP contribution is 2.35. The van der Waals surface area contributed by atoms with Gasteiger partial charge in [-0.2, -0.15) is 0 Å². The average Bonchev–Trinajstić information content (AvgIpc) is 2.99. The summed E-state index contributed by atoms with van der Waals surface area (Å²) < 4.78 is 9.82. The van der Waals surface area contributed by atoms with Crippen molar-refractivity contribution in [2.45, 2.75) is 57.2 Å². The largest absolute Gasteiger partial charge is 0.390 e. The van der Waals surface area contributed by atoms with Gasteiger partial charge < -0.3 is 14.7 Å². The summed E-state index contributed by atoms with van der Waals surface area (Å²) in [5, 5.41) is 14.3. The molecule has 3 heterocycles. The summed E-state index contributed by atoms with van der Waals surface area (Å²) in [5.74, 6) is 0.0265. The van der Waals surface area contributed by atoms with E-state index in [0.717, 1.165) is 31.4 Å². The quantitative estimate of drug-likeness (QED) is 0.914. The highest BCUT2D eigenvalue weighted by atomic mass is 32.1. The summed E-state index contributed by atoms with van der Waals surface area (Å²) >= 11 is 1.19. The fraction of sp³-hybridized carbons (Fsp3) is 0.800. The van der Waals surface area contributed by atoms with Crippen LogP contribution < -0.4 is 0 Å². The van der Waals surface area contributed by atoms with Crippen molar-refractivity contribution in [3.63, 3.8) is 0 Å². The third kappa shape index (κ3) is 2.89. The number of aromatic nitrogens is 2. The fourth-order valence-corrected chi connectivity index (χ4v) is 4.07. The van der Waals surface area contributed by atoms with Gasteiger partial charge in [0, 0.05) is 19.7 Å². The predicted octanol–water partition coefficient (Wildman–Crippen LogP) is 1.64. The molecule has 2 aliphatic rings. The van der Waals surface area contributed by atoms with Gasteiger partial charge in [0.2, 0.25) is 0 Å². The summed E-state index contributed by atoms with van der Waals surface area (Å²) in [6.07, 6.45) is 4.46. The minimum absolute atomic E-state index is 0.0265. The summed E-state index contributed by atoms with van der Waals surface area (Å²) in [4.78, 5) is 15.2. The van der Waals surface area contributed by atoms with E-state index in [-0.39, 0.29) is 5.91 Å². The van der Waals surface area contributed by atoms with Crippen LogP contribution in [0.4, 0.5) is 0 Å². The van der Waals surface area contributed by atoms with Crippen LogP contribution in [0.5, 0.6) is 0 Å². The Balaban J connectivity index is 1.65. The molecule has 2 saturated heterocycles. The molecule has 0 aliphatic carbocycles. The summed E-state index contributed by atoms with van der Waals surface area (Å²) in [5.41, 5.74) is 0.375. The third-order valence-electron chi connectivity index (χ3n) is 4.75. The van der Waals surface area contributed by atoms with Gasteiger partial charge >= 0.3 is 0 Å². The Morgan fingerprint density at radius 1 is 1.50 bits per heavy atom. The van der Waals surface area contributed by atoms with E-state index in [4.69, 9.17) is 4.74 Å². The maximum Gasteiger partial charge on any atom is 0.267 e. The van der Waals surface area contributed by atoms with Gasteiger partial charge in [-0.15, -0.1) is 5.10 Å². The molecule has 0 bridgehead atoms. The number of rotatable bonds is 3. The molecule has 122 valence electrons. The van der Waals surface area contributed by atoms with Crippen LogP contribution in [0.15, 0.2) is 0 Å². The molecule has 3 rings (SSSR count). The number of aliphatic hydroxyl groups excluding tert-OH is 1. The molecule has 1 spiro atoms. The van der Waals surface area contributed by atoms with Gasteiger partial charge in [0.25, 0.3) is 5.91 Å². The van der Waals surface area contributed by atoms with Crippen molar-refractivity contribution in [3.05, 3.63) is 10.6 Å². The van der Waals surface area contributed by atoms with Gasteiger partial charge in [-0.05, 0) is 43.6 Å². The molecule has 1 aromatic heterocycles. The van der Waals surface area contributed by atoms with Crippen LogP contribution in [0, 0.1) is 0 Å². The molecule has 6 nitrogen and oxygen atoms in total. The first kappa shape index (κ1) is 15.8. The topological polar surface area (TPSA) is 75.6 Å². The van der Waals surface area contributed by atoms with E-state index in [1.165, 1.54) is 11.5 Å². The monoisotopic (exact) mass is 325 g/mol. The van der Waals surface area contributed by atoms with Crippen molar-refractivity contribution >= 4 is 17.4 Å². The van der Waals surface area contributed by atoms with Crippen LogP contribution in [0.3, 0.4) is 0 Å². The minimum atomic E-state index is -0.437. The predicted molar refractivity (Wildman–Crippen MR) is 83.0 cm³/mol. The van der Waals surface area contributed by atoms with Crippen molar-refractivity contribution in [2.75, 3.05) is 19.7 Å². The van der Waals surface area contributed by atoms with Crippen molar-refractivity contribution in [3.8, 4) is 0 Å². The van der Waals surface area contributed by atoms with Crippen LogP contribution in [-0.2, 0) is 11.2 Å². The summed E-state index contributed by atoms with van der Waals surface area (Å²) in [7, 11) is 0. The van der Waals surface area contributed by atoms with Crippen LogP contribution in [0.1, 0.15) is 54.4 Å². The van der Waals surface area contributed by atoms with Crippen molar-refractivity contribution in [1.82, 2.24) is 14.5 Å². The number of aliphatic hydroxyl groups is 1. The maximum absolute atomic E-state index is 12.7. The molecule has 1 aromatic rings. The number of aryl methyl sites for hydroxylation is 1. The Kier molecular flexibility index (Phi) is 4.75. The van der Waals surface area contributed by atoms with Crippen molar-refractivity contribution in [2.24, 2.45) is 0 Å². The highest BCUT2D eigenvalue weighted by molar-refractivity contribution is 7.08. The van der Waals surface area contributed by atoms with Gasteiger partial charge in [0.05, 0.1) is 17.4 Å². The lowest BCUT2D eigenvalue weighted by atomic mass is 9.82. The Morgan fingerprint density at radius 3 is 2.95 bits per heavy atom. The number of hydrogen-bond acceptors (Lipinski definition) is 6. The number of nitrogens with zero attached hydrogens (tertiary/aromatic N) is 3. The number of ether oxygens (including phenoxy) is 1. The zero-order chi connectivity index (χ0) is 15.6. The van der Waals surface area contributed by atoms with Gasteiger partial charge in [0.1, 0.15) is 4.88 Å². The molecule has 22 heavy (non-hydrogen) atoms. The molecule has 7 heteroatoms. The van der Waals surface area contributed by atoms with Crippen molar-refractivity contribution in [1.29, 1.82) is 0 Å². The molecular weight excluding hydrogens is 302 g/mol. The van der Waals surface area contributed by atoms with Crippen LogP contribution in [0.2, 0.25) is 0 Å². The van der Waals surface area contributed by atoms with E-state index in [0.29, 0.717) is 37.4 Å². The Labute approximate surface area is 134 Å². The van der Waals surface area contributed by atoms with E-state index in [1.807, 2.05) is 4.90 Å². The van der Waals surface area contributed by atoms with E-state index < -0.39 is 11.7 Å². The lowest BCUT2D eigenvalue weighted by Crippen LogP contribution is -2.56. The normalized spacial score (nSPS) is 24.6. The molecule has 1 amide bonds. The SMILES string of the molecule is CCCc1nnsc1C(=O)N1CCC2(CC1)OCCCC2O. The Bertz CT molecular complexity index is 526. The van der Waals surface area contributed by atoms with Crippen LogP contribution >= 0.6 is 11.5 Å². The molecule has 1 N–H and O–H groups in total. The maximum atomic E-state index is 12.7. The second-order valence-electron chi connectivity index (χ2n) is 6.16. The van der Waals surface area contributed by atoms with E-state index in [1.54, 1.807) is 0 Å². The Morgan fingerprint density at radius 2 is 2.27 bits per heavy atom. The van der Waals surface area contributed by atoms with Gasteiger partial charge in [-0.25, -0.2) is 0 Å². The number of piperidine rings is 1. The third-order valence-corrected chi connectivity index (χ3v) is 5.51. The number of amides is 1. The zero-order valence-corrected chi connectivity index (χ0v) is 13.8. The van der Waals surface area contributed by atoms with Gasteiger partial charge in [0.15, 0.2) is 0 Å².